The first kappa shape index (κ1) is 31.0. The fourth-order valence-electron chi connectivity index (χ4n) is 2.80. The first-order valence-corrected chi connectivity index (χ1v) is 11.1. The van der Waals surface area contributed by atoms with Gasteiger partial charge in [-0.3, -0.25) is 0 Å². The highest BCUT2D eigenvalue weighted by molar-refractivity contribution is 6.32. The van der Waals surface area contributed by atoms with E-state index in [1.807, 2.05) is 6.92 Å². The van der Waals surface area contributed by atoms with Crippen LogP contribution in [0, 0.1) is 0 Å². The van der Waals surface area contributed by atoms with E-state index in [1.165, 1.54) is 24.5 Å². The average Bonchev–Trinajstić information content (AvgIpc) is 2.85. The molecule has 0 aliphatic rings. The molecule has 2 aromatic carbocycles. The summed E-state index contributed by atoms with van der Waals surface area (Å²) < 4.78 is 76.1. The molecule has 1 aromatic heterocycles. The third-order valence-electron chi connectivity index (χ3n) is 4.55. The number of benzene rings is 2. The van der Waals surface area contributed by atoms with Crippen molar-refractivity contribution in [1.29, 1.82) is 0 Å². The van der Waals surface area contributed by atoms with Crippen molar-refractivity contribution < 1.29 is 45.8 Å². The monoisotopic (exact) mass is 579 g/mol. The van der Waals surface area contributed by atoms with E-state index in [9.17, 15) is 31.1 Å². The number of aliphatic carboxylic acids is 1. The van der Waals surface area contributed by atoms with Crippen molar-refractivity contribution in [3.05, 3.63) is 64.9 Å². The van der Waals surface area contributed by atoms with Crippen LogP contribution < -0.4 is 20.7 Å². The van der Waals surface area contributed by atoms with Crippen LogP contribution >= 0.6 is 11.6 Å². The highest BCUT2D eigenvalue weighted by Crippen LogP contribution is 2.36. The van der Waals surface area contributed by atoms with Gasteiger partial charge < -0.3 is 25.8 Å². The summed E-state index contributed by atoms with van der Waals surface area (Å²) in [5.41, 5.74) is 0.182. The van der Waals surface area contributed by atoms with Crippen LogP contribution in [0.25, 0.3) is 0 Å². The van der Waals surface area contributed by atoms with Crippen LogP contribution in [0.5, 0.6) is 11.6 Å². The lowest BCUT2D eigenvalue weighted by Gasteiger charge is -2.15. The molecule has 4 N–H and O–H groups in total. The van der Waals surface area contributed by atoms with Crippen LogP contribution in [0.4, 0.5) is 48.3 Å². The number of carboxylic acid groups (broad SMARTS) is 1. The maximum atomic E-state index is 12.9. The molecule has 0 bridgehead atoms. The molecule has 3 aromatic rings. The second kappa shape index (κ2) is 13.0. The molecule has 0 unspecified atom stereocenters. The zero-order chi connectivity index (χ0) is 29.4. The molecule has 16 heteroatoms. The van der Waals surface area contributed by atoms with E-state index in [4.69, 9.17) is 26.2 Å². The SMILES string of the molecule is CCc1cc(NC(=O)Nc2cccc(C(F)(F)F)c2)cc(Cl)c1Oc1cc(NC)ncn1.O=C(O)C(F)(F)F. The van der Waals surface area contributed by atoms with Gasteiger partial charge in [0.15, 0.2) is 5.75 Å². The average molecular weight is 580 g/mol. The van der Waals surface area contributed by atoms with Crippen molar-refractivity contribution in [3.8, 4) is 11.6 Å². The van der Waals surface area contributed by atoms with E-state index in [0.29, 0.717) is 29.2 Å². The molecule has 2 amide bonds. The van der Waals surface area contributed by atoms with Crippen molar-refractivity contribution >= 4 is 40.8 Å². The molecule has 0 saturated carbocycles. The fraction of sp³-hybridized carbons (Fsp3) is 0.217. The molecule has 0 aliphatic carbocycles. The highest BCUT2D eigenvalue weighted by Gasteiger charge is 2.38. The molecular weight excluding hydrogens is 560 g/mol. The van der Waals surface area contributed by atoms with Crippen molar-refractivity contribution in [2.75, 3.05) is 23.0 Å². The summed E-state index contributed by atoms with van der Waals surface area (Å²) in [4.78, 5) is 29.3. The summed E-state index contributed by atoms with van der Waals surface area (Å²) in [6, 6.07) is 8.36. The zero-order valence-corrected chi connectivity index (χ0v) is 20.8. The summed E-state index contributed by atoms with van der Waals surface area (Å²) in [6.07, 6.45) is -7.72. The minimum Gasteiger partial charge on any atom is -0.475 e. The van der Waals surface area contributed by atoms with Gasteiger partial charge in [0.2, 0.25) is 5.88 Å². The number of alkyl halides is 6. The Balaban J connectivity index is 0.000000673. The number of aromatic nitrogens is 2. The number of hydrogen-bond acceptors (Lipinski definition) is 6. The number of aryl methyl sites for hydroxylation is 1. The Morgan fingerprint density at radius 1 is 1.00 bits per heavy atom. The molecule has 1 heterocycles. The third kappa shape index (κ3) is 9.52. The van der Waals surface area contributed by atoms with Crippen LogP contribution in [0.3, 0.4) is 0 Å². The van der Waals surface area contributed by atoms with E-state index in [-0.39, 0.29) is 16.6 Å². The van der Waals surface area contributed by atoms with Crippen molar-refractivity contribution in [2.45, 2.75) is 25.7 Å². The van der Waals surface area contributed by atoms with Crippen molar-refractivity contribution in [3.63, 3.8) is 0 Å². The van der Waals surface area contributed by atoms with Gasteiger partial charge in [-0.25, -0.2) is 19.6 Å². The van der Waals surface area contributed by atoms with Crippen LogP contribution in [0.1, 0.15) is 18.1 Å². The van der Waals surface area contributed by atoms with Gasteiger partial charge in [0.1, 0.15) is 12.1 Å². The number of rotatable bonds is 6. The minimum absolute atomic E-state index is 0.00295. The molecule has 0 fully saturated rings. The minimum atomic E-state index is -5.08. The zero-order valence-electron chi connectivity index (χ0n) is 20.0. The number of carbonyl (C=O) groups excluding carboxylic acids is 1. The number of carbonyl (C=O) groups is 2. The summed E-state index contributed by atoms with van der Waals surface area (Å²) in [7, 11) is 1.71. The number of halogens is 7. The van der Waals surface area contributed by atoms with Crippen molar-refractivity contribution in [2.24, 2.45) is 0 Å². The number of ether oxygens (including phenoxy) is 1. The van der Waals surface area contributed by atoms with Gasteiger partial charge >= 0.3 is 24.4 Å². The van der Waals surface area contributed by atoms with Gasteiger partial charge in [-0.1, -0.05) is 24.6 Å². The number of nitrogens with one attached hydrogen (secondary N) is 3. The number of nitrogens with zero attached hydrogens (tertiary/aromatic N) is 2. The number of anilines is 3. The lowest BCUT2D eigenvalue weighted by Crippen LogP contribution is -2.21. The van der Waals surface area contributed by atoms with E-state index in [0.717, 1.165) is 12.1 Å². The predicted octanol–water partition coefficient (Wildman–Crippen LogP) is 6.82. The van der Waals surface area contributed by atoms with Crippen LogP contribution in [-0.4, -0.2) is 40.3 Å². The molecule has 39 heavy (non-hydrogen) atoms. The van der Waals surface area contributed by atoms with Crippen LogP contribution in [0.2, 0.25) is 5.02 Å². The standard InChI is InChI=1S/C21H19ClF3N5O2.C2HF3O2/c1-3-12-7-15(9-16(22)19(12)32-18-10-17(26-2)27-11-28-18)30-20(31)29-14-6-4-5-13(8-14)21(23,24)25;3-2(4,5)1(6)7/h4-11H,3H2,1-2H3,(H,26,27,28)(H2,29,30,31);(H,6,7). The van der Waals surface area contributed by atoms with Gasteiger partial charge in [-0.05, 0) is 42.3 Å². The van der Waals surface area contributed by atoms with Gasteiger partial charge in [0.25, 0.3) is 0 Å². The molecule has 0 saturated heterocycles. The Hall–Kier alpha value is -4.27. The van der Waals surface area contributed by atoms with Crippen molar-refractivity contribution in [1.82, 2.24) is 9.97 Å². The Labute approximate surface area is 222 Å². The first-order chi connectivity index (χ1) is 18.1. The molecule has 0 aliphatic heterocycles. The number of urea groups is 1. The molecule has 9 nitrogen and oxygen atoms in total. The van der Waals surface area contributed by atoms with Crippen LogP contribution in [0.15, 0.2) is 48.8 Å². The van der Waals surface area contributed by atoms with E-state index in [2.05, 4.69) is 25.9 Å². The second-order valence-electron chi connectivity index (χ2n) is 7.35. The van der Waals surface area contributed by atoms with Gasteiger partial charge in [-0.2, -0.15) is 26.3 Å². The third-order valence-corrected chi connectivity index (χ3v) is 4.84. The number of amides is 2. The lowest BCUT2D eigenvalue weighted by atomic mass is 10.1. The van der Waals surface area contributed by atoms with Crippen LogP contribution in [-0.2, 0) is 17.4 Å². The Morgan fingerprint density at radius 3 is 2.21 bits per heavy atom. The summed E-state index contributed by atoms with van der Waals surface area (Å²) in [5.74, 6) is -1.54. The van der Waals surface area contributed by atoms with E-state index >= 15 is 0 Å². The summed E-state index contributed by atoms with van der Waals surface area (Å²) in [5, 5.41) is 15.2. The lowest BCUT2D eigenvalue weighted by molar-refractivity contribution is -0.192. The number of hydrogen-bond donors (Lipinski definition) is 4. The smallest absolute Gasteiger partial charge is 0.475 e. The van der Waals surface area contributed by atoms with Gasteiger partial charge in [-0.15, -0.1) is 0 Å². The molecule has 0 spiro atoms. The predicted molar refractivity (Wildman–Crippen MR) is 130 cm³/mol. The maximum Gasteiger partial charge on any atom is 0.490 e. The quantitative estimate of drug-likeness (QED) is 0.236. The maximum absolute atomic E-state index is 12.9. The Bertz CT molecular complexity index is 1320. The first-order valence-electron chi connectivity index (χ1n) is 10.7. The summed E-state index contributed by atoms with van der Waals surface area (Å²) in [6.45, 7) is 1.88. The Morgan fingerprint density at radius 2 is 1.64 bits per heavy atom. The molecule has 0 atom stereocenters. The van der Waals surface area contributed by atoms with E-state index < -0.39 is 29.9 Å². The molecule has 0 radical (unpaired) electrons. The normalized spacial score (nSPS) is 11.1. The number of carboxylic acids is 1. The molecule has 210 valence electrons. The molecular formula is C23H20ClF6N5O4. The Kier molecular flexibility index (Phi) is 10.3. The largest absolute Gasteiger partial charge is 0.490 e. The van der Waals surface area contributed by atoms with Gasteiger partial charge in [0.05, 0.1) is 10.6 Å². The van der Waals surface area contributed by atoms with E-state index in [1.54, 1.807) is 19.2 Å². The highest BCUT2D eigenvalue weighted by atomic mass is 35.5. The fourth-order valence-corrected chi connectivity index (χ4v) is 3.08. The second-order valence-corrected chi connectivity index (χ2v) is 7.76. The molecule has 3 rings (SSSR count). The summed E-state index contributed by atoms with van der Waals surface area (Å²) >= 11 is 6.37. The topological polar surface area (TPSA) is 125 Å². The van der Waals surface area contributed by atoms with Gasteiger partial charge in [0, 0.05) is 24.5 Å².